The Morgan fingerprint density at radius 3 is 2.00 bits per heavy atom. The topological polar surface area (TPSA) is 52.7 Å². The molecule has 1 fully saturated rings. The highest BCUT2D eigenvalue weighted by molar-refractivity contribution is 6.76. The van der Waals surface area contributed by atoms with Gasteiger partial charge >= 0.3 is 0 Å². The Kier molecular flexibility index (Phi) is 6.38. The number of rotatable bonds is 3. The Labute approximate surface area is 179 Å². The first kappa shape index (κ1) is 20.8. The zero-order valence-corrected chi connectivity index (χ0v) is 17.6. The lowest BCUT2D eigenvalue weighted by Gasteiger charge is -2.36. The maximum Gasteiger partial charge on any atom is 0.276 e. The third-order valence-electron chi connectivity index (χ3n) is 4.61. The van der Waals surface area contributed by atoms with Gasteiger partial charge in [-0.15, -0.1) is 0 Å². The summed E-state index contributed by atoms with van der Waals surface area (Å²) in [4.78, 5) is 28.4. The fraction of sp³-hybridized carbons (Fsp3) is 0.300. The van der Waals surface area contributed by atoms with Gasteiger partial charge in [0.1, 0.15) is 0 Å². The number of carbonyl (C=O) groups excluding carboxylic acids is 2. The molecular weight excluding hydrogens is 421 g/mol. The molecule has 0 aromatic heterocycles. The summed E-state index contributed by atoms with van der Waals surface area (Å²) in [6.45, 7) is 4.77. The minimum Gasteiger partial charge on any atom is -0.368 e. The molecule has 1 aliphatic rings. The number of aryl methyl sites for hydroxylation is 1. The second-order valence-corrected chi connectivity index (χ2v) is 8.93. The Morgan fingerprint density at radius 1 is 0.893 bits per heavy atom. The van der Waals surface area contributed by atoms with Crippen LogP contribution < -0.4 is 10.2 Å². The minimum absolute atomic E-state index is 0.0596. The van der Waals surface area contributed by atoms with Crippen LogP contribution in [-0.2, 0) is 4.79 Å². The van der Waals surface area contributed by atoms with E-state index in [0.29, 0.717) is 24.3 Å². The van der Waals surface area contributed by atoms with E-state index >= 15 is 0 Å². The molecule has 1 N–H and O–H groups in total. The zero-order valence-electron chi connectivity index (χ0n) is 15.3. The van der Waals surface area contributed by atoms with E-state index in [4.69, 9.17) is 34.8 Å². The Hall–Kier alpha value is -1.95. The van der Waals surface area contributed by atoms with E-state index in [1.54, 1.807) is 12.1 Å². The van der Waals surface area contributed by atoms with E-state index in [-0.39, 0.29) is 5.91 Å². The van der Waals surface area contributed by atoms with Crippen molar-refractivity contribution in [1.29, 1.82) is 0 Å². The van der Waals surface area contributed by atoms with Crippen molar-refractivity contribution in [3.8, 4) is 0 Å². The molecule has 0 atom stereocenters. The molecule has 5 nitrogen and oxygen atoms in total. The summed E-state index contributed by atoms with van der Waals surface area (Å²) in [7, 11) is 0. The van der Waals surface area contributed by atoms with Gasteiger partial charge in [0.25, 0.3) is 15.6 Å². The normalized spacial score (nSPS) is 14.7. The average Bonchev–Trinajstić information content (AvgIpc) is 2.68. The first-order valence-electron chi connectivity index (χ1n) is 8.83. The van der Waals surface area contributed by atoms with Crippen molar-refractivity contribution in [2.24, 2.45) is 0 Å². The Morgan fingerprint density at radius 2 is 1.46 bits per heavy atom. The van der Waals surface area contributed by atoms with Gasteiger partial charge in [0.15, 0.2) is 0 Å². The monoisotopic (exact) mass is 439 g/mol. The molecule has 2 aromatic carbocycles. The quantitative estimate of drug-likeness (QED) is 0.725. The van der Waals surface area contributed by atoms with Crippen LogP contribution in [0.3, 0.4) is 0 Å². The number of benzene rings is 2. The van der Waals surface area contributed by atoms with E-state index in [1.165, 1.54) is 0 Å². The van der Waals surface area contributed by atoms with Crippen LogP contribution >= 0.6 is 34.8 Å². The number of carbonyl (C=O) groups is 2. The molecular formula is C20H20Cl3N3O2. The third kappa shape index (κ3) is 5.10. The first-order chi connectivity index (χ1) is 13.2. The van der Waals surface area contributed by atoms with Gasteiger partial charge in [-0.3, -0.25) is 9.59 Å². The molecule has 0 spiro atoms. The number of nitrogens with one attached hydrogen (secondary N) is 1. The number of alkyl halides is 3. The smallest absolute Gasteiger partial charge is 0.276 e. The molecule has 0 saturated carbocycles. The predicted octanol–water partition coefficient (Wildman–Crippen LogP) is 4.27. The van der Waals surface area contributed by atoms with Crippen molar-refractivity contribution in [2.45, 2.75) is 10.7 Å². The molecule has 1 aliphatic heterocycles. The SMILES string of the molecule is Cc1ccc(C(=O)N2CCN(c3ccc(NC(=O)C(Cl)(Cl)Cl)cc3)CC2)cc1. The molecule has 0 aliphatic carbocycles. The Balaban J connectivity index is 1.56. The number of hydrogen-bond donors (Lipinski definition) is 1. The minimum atomic E-state index is -2.00. The van der Waals surface area contributed by atoms with E-state index < -0.39 is 9.70 Å². The molecule has 3 rings (SSSR count). The van der Waals surface area contributed by atoms with Gasteiger partial charge in [-0.25, -0.2) is 0 Å². The number of anilines is 2. The molecule has 2 amide bonds. The van der Waals surface area contributed by atoms with Gasteiger partial charge in [-0.2, -0.15) is 0 Å². The van der Waals surface area contributed by atoms with Gasteiger partial charge in [0.05, 0.1) is 0 Å². The summed E-state index contributed by atoms with van der Waals surface area (Å²) >= 11 is 16.7. The molecule has 1 heterocycles. The maximum absolute atomic E-state index is 12.6. The number of piperazine rings is 1. The third-order valence-corrected chi connectivity index (χ3v) is 5.13. The van der Waals surface area contributed by atoms with Crippen LogP contribution in [0.5, 0.6) is 0 Å². The van der Waals surface area contributed by atoms with Crippen LogP contribution in [0.4, 0.5) is 11.4 Å². The van der Waals surface area contributed by atoms with Crippen LogP contribution in [0.15, 0.2) is 48.5 Å². The summed E-state index contributed by atoms with van der Waals surface area (Å²) in [5, 5.41) is 2.55. The fourth-order valence-electron chi connectivity index (χ4n) is 3.00. The fourth-order valence-corrected chi connectivity index (χ4v) is 3.15. The summed E-state index contributed by atoms with van der Waals surface area (Å²) < 4.78 is -2.00. The summed E-state index contributed by atoms with van der Waals surface area (Å²) in [5.41, 5.74) is 3.41. The van der Waals surface area contributed by atoms with Gasteiger partial charge < -0.3 is 15.1 Å². The standard InChI is InChI=1S/C20H20Cl3N3O2/c1-14-2-4-15(5-3-14)18(27)26-12-10-25(11-13-26)17-8-6-16(7-9-17)24-19(28)20(21,22)23/h2-9H,10-13H2,1H3,(H,24,28). The van der Waals surface area contributed by atoms with Crippen LogP contribution in [-0.4, -0.2) is 46.7 Å². The second kappa shape index (κ2) is 8.60. The van der Waals surface area contributed by atoms with Gasteiger partial charge in [-0.05, 0) is 43.3 Å². The molecule has 0 radical (unpaired) electrons. The molecule has 8 heteroatoms. The second-order valence-electron chi connectivity index (χ2n) is 6.64. The van der Waals surface area contributed by atoms with Crippen molar-refractivity contribution >= 4 is 58.0 Å². The van der Waals surface area contributed by atoms with E-state index in [1.807, 2.05) is 48.2 Å². The highest BCUT2D eigenvalue weighted by atomic mass is 35.6. The van der Waals surface area contributed by atoms with Crippen molar-refractivity contribution < 1.29 is 9.59 Å². The molecule has 148 valence electrons. The van der Waals surface area contributed by atoms with Crippen LogP contribution in [0, 0.1) is 6.92 Å². The first-order valence-corrected chi connectivity index (χ1v) is 9.96. The lowest BCUT2D eigenvalue weighted by molar-refractivity contribution is -0.115. The van der Waals surface area contributed by atoms with Gasteiger partial charge in [0, 0.05) is 43.1 Å². The molecule has 28 heavy (non-hydrogen) atoms. The largest absolute Gasteiger partial charge is 0.368 e. The summed E-state index contributed by atoms with van der Waals surface area (Å²) in [6.07, 6.45) is 0. The highest BCUT2D eigenvalue weighted by Crippen LogP contribution is 2.28. The van der Waals surface area contributed by atoms with E-state index in [2.05, 4.69) is 10.2 Å². The lowest BCUT2D eigenvalue weighted by Crippen LogP contribution is -2.48. The molecule has 2 aromatic rings. The zero-order chi connectivity index (χ0) is 20.3. The maximum atomic E-state index is 12.6. The molecule has 0 unspecified atom stereocenters. The van der Waals surface area contributed by atoms with E-state index in [0.717, 1.165) is 24.3 Å². The average molecular weight is 441 g/mol. The van der Waals surface area contributed by atoms with E-state index in [9.17, 15) is 9.59 Å². The van der Waals surface area contributed by atoms with Crippen molar-refractivity contribution in [1.82, 2.24) is 4.90 Å². The number of amides is 2. The van der Waals surface area contributed by atoms with Crippen molar-refractivity contribution in [3.05, 3.63) is 59.7 Å². The van der Waals surface area contributed by atoms with Crippen molar-refractivity contribution in [2.75, 3.05) is 36.4 Å². The Bertz CT molecular complexity index is 840. The summed E-state index contributed by atoms with van der Waals surface area (Å²) in [5.74, 6) is -0.641. The van der Waals surface area contributed by atoms with Crippen LogP contribution in [0.25, 0.3) is 0 Å². The number of halogens is 3. The van der Waals surface area contributed by atoms with Crippen molar-refractivity contribution in [3.63, 3.8) is 0 Å². The van der Waals surface area contributed by atoms with Crippen LogP contribution in [0.1, 0.15) is 15.9 Å². The predicted molar refractivity (Wildman–Crippen MR) is 115 cm³/mol. The highest BCUT2D eigenvalue weighted by Gasteiger charge is 2.30. The molecule has 0 bridgehead atoms. The van der Waals surface area contributed by atoms with Crippen LogP contribution in [0.2, 0.25) is 0 Å². The molecule has 1 saturated heterocycles. The summed E-state index contributed by atoms with van der Waals surface area (Å²) in [6, 6.07) is 14.9. The number of hydrogen-bond acceptors (Lipinski definition) is 3. The lowest BCUT2D eigenvalue weighted by atomic mass is 10.1. The van der Waals surface area contributed by atoms with Gasteiger partial charge in [-0.1, -0.05) is 52.5 Å². The number of nitrogens with zero attached hydrogens (tertiary/aromatic N) is 2. The van der Waals surface area contributed by atoms with Gasteiger partial charge in [0.2, 0.25) is 0 Å².